The van der Waals surface area contributed by atoms with E-state index in [9.17, 15) is 19.2 Å². The monoisotopic (exact) mass is 430 g/mol. The lowest BCUT2D eigenvalue weighted by molar-refractivity contribution is -0.301. The maximum atomic E-state index is 13.3. The van der Waals surface area contributed by atoms with Gasteiger partial charge in [-0.05, 0) is 53.4 Å². The van der Waals surface area contributed by atoms with Gasteiger partial charge in [0.25, 0.3) is 0 Å². The molecule has 6 heterocycles. The molecule has 4 aliphatic heterocycles. The standard InChI is InChI=1S/C21H30N6O4/c1-17-8-10-19(3,26-15(30)22(6)13(28)24(17)26)21(5)12(17)18(2)9-11-20(21,4)27-16(31)23(7)14(29)25(18)27/h12H,8-11H2,1-7H3/t12?,17-,18+,19+,20-,21?. The second-order valence-corrected chi connectivity index (χ2v) is 11.4. The third-order valence-electron chi connectivity index (χ3n) is 10.5. The van der Waals surface area contributed by atoms with E-state index in [1.165, 1.54) is 23.2 Å². The number of rotatable bonds is 0. The fraction of sp³-hybridized carbons (Fsp3) is 0.810. The van der Waals surface area contributed by atoms with E-state index < -0.39 is 27.6 Å². The molecule has 0 spiro atoms. The van der Waals surface area contributed by atoms with Gasteiger partial charge in [0, 0.05) is 25.4 Å². The van der Waals surface area contributed by atoms with E-state index in [2.05, 4.69) is 34.6 Å². The van der Waals surface area contributed by atoms with Gasteiger partial charge in [0.15, 0.2) is 0 Å². The Bertz CT molecular complexity index is 1340. The van der Waals surface area contributed by atoms with Gasteiger partial charge in [-0.2, -0.15) is 0 Å². The van der Waals surface area contributed by atoms with Gasteiger partial charge in [0.1, 0.15) is 0 Å². The number of aromatic nitrogens is 6. The van der Waals surface area contributed by atoms with Crippen LogP contribution in [-0.2, 0) is 36.3 Å². The Labute approximate surface area is 178 Å². The Morgan fingerprint density at radius 2 is 0.903 bits per heavy atom. The van der Waals surface area contributed by atoms with Crippen LogP contribution in [0.2, 0.25) is 0 Å². The van der Waals surface area contributed by atoms with Crippen molar-refractivity contribution in [2.45, 2.75) is 82.5 Å². The molecule has 10 nitrogen and oxygen atoms in total. The zero-order valence-electron chi connectivity index (χ0n) is 19.2. The molecule has 0 aromatic carbocycles. The predicted molar refractivity (Wildman–Crippen MR) is 113 cm³/mol. The molecule has 31 heavy (non-hydrogen) atoms. The lowest BCUT2D eigenvalue weighted by Crippen LogP contribution is -2.85. The van der Waals surface area contributed by atoms with Crippen LogP contribution in [0.4, 0.5) is 0 Å². The molecule has 8 rings (SSSR count). The average molecular weight is 431 g/mol. The summed E-state index contributed by atoms with van der Waals surface area (Å²) in [4.78, 5) is 53.2. The molecule has 2 unspecified atom stereocenters. The van der Waals surface area contributed by atoms with Crippen LogP contribution in [0.3, 0.4) is 0 Å². The molecular formula is C21H30N6O4. The van der Waals surface area contributed by atoms with Crippen molar-refractivity contribution >= 4 is 0 Å². The zero-order valence-corrected chi connectivity index (χ0v) is 19.2. The Hall–Kier alpha value is -2.52. The van der Waals surface area contributed by atoms with E-state index in [1.54, 1.807) is 18.7 Å². The van der Waals surface area contributed by atoms with Gasteiger partial charge in [-0.25, -0.2) is 47.0 Å². The first-order valence-corrected chi connectivity index (χ1v) is 11.1. The van der Waals surface area contributed by atoms with E-state index in [-0.39, 0.29) is 28.7 Å². The van der Waals surface area contributed by atoms with Gasteiger partial charge in [0.2, 0.25) is 0 Å². The molecule has 2 aromatic rings. The van der Waals surface area contributed by atoms with Crippen LogP contribution in [0.25, 0.3) is 0 Å². The molecule has 0 N–H and O–H groups in total. The molecule has 2 fully saturated rings. The highest BCUT2D eigenvalue weighted by Crippen LogP contribution is 2.75. The largest absolute Gasteiger partial charge is 0.347 e. The van der Waals surface area contributed by atoms with E-state index in [0.717, 1.165) is 25.7 Å². The summed E-state index contributed by atoms with van der Waals surface area (Å²) < 4.78 is 9.11. The van der Waals surface area contributed by atoms with Crippen LogP contribution >= 0.6 is 0 Å². The highest BCUT2D eigenvalue weighted by atomic mass is 16.2. The fourth-order valence-electron chi connectivity index (χ4n) is 8.86. The summed E-state index contributed by atoms with van der Waals surface area (Å²) in [6.07, 6.45) is 2.95. The van der Waals surface area contributed by atoms with Crippen LogP contribution in [-0.4, -0.2) is 27.9 Å². The summed E-state index contributed by atoms with van der Waals surface area (Å²) in [5.74, 6) is -0.107. The van der Waals surface area contributed by atoms with Crippen molar-refractivity contribution in [3.63, 3.8) is 0 Å². The SMILES string of the molecule is Cn1c(=O)n2n(c1=O)[C@]1(C)CC[C@@]2(C)C2C1(C)[C@]1(C)CC[C@@]2(C)n2c(=O)n(C)c(=O)n21. The molecule has 6 aliphatic rings. The van der Waals surface area contributed by atoms with Gasteiger partial charge in [-0.1, -0.05) is 6.92 Å². The lowest BCUT2D eigenvalue weighted by atomic mass is 9.36. The van der Waals surface area contributed by atoms with Crippen LogP contribution < -0.4 is 22.8 Å². The molecule has 2 saturated carbocycles. The summed E-state index contributed by atoms with van der Waals surface area (Å²) in [5, 5.41) is 0. The first kappa shape index (κ1) is 19.2. The summed E-state index contributed by atoms with van der Waals surface area (Å²) >= 11 is 0. The molecule has 168 valence electrons. The van der Waals surface area contributed by atoms with Crippen molar-refractivity contribution in [1.82, 2.24) is 27.9 Å². The molecule has 4 bridgehead atoms. The van der Waals surface area contributed by atoms with E-state index in [4.69, 9.17) is 0 Å². The van der Waals surface area contributed by atoms with Crippen LogP contribution in [0, 0.1) is 11.3 Å². The minimum atomic E-state index is -0.681. The second kappa shape index (κ2) is 4.63. The average Bonchev–Trinajstić information content (AvgIpc) is 3.09. The Morgan fingerprint density at radius 3 is 1.26 bits per heavy atom. The maximum absolute atomic E-state index is 13.3. The predicted octanol–water partition coefficient (Wildman–Crippen LogP) is -0.191. The van der Waals surface area contributed by atoms with E-state index in [1.807, 2.05) is 0 Å². The van der Waals surface area contributed by atoms with Gasteiger partial charge in [-0.15, -0.1) is 0 Å². The molecule has 0 radical (unpaired) electrons. The number of hydrogen-bond donors (Lipinski definition) is 0. The van der Waals surface area contributed by atoms with Crippen LogP contribution in [0.5, 0.6) is 0 Å². The van der Waals surface area contributed by atoms with Crippen LogP contribution in [0.1, 0.15) is 60.3 Å². The van der Waals surface area contributed by atoms with E-state index >= 15 is 0 Å². The quantitative estimate of drug-likeness (QED) is 0.579. The molecular weight excluding hydrogens is 400 g/mol. The normalized spacial score (nSPS) is 44.3. The minimum absolute atomic E-state index is 0.107. The summed E-state index contributed by atoms with van der Waals surface area (Å²) in [6.45, 7) is 10.5. The maximum Gasteiger partial charge on any atom is 0.347 e. The molecule has 10 heteroatoms. The summed E-state index contributed by atoms with van der Waals surface area (Å²) in [6, 6.07) is 0. The fourth-order valence-corrected chi connectivity index (χ4v) is 8.86. The Morgan fingerprint density at radius 1 is 0.581 bits per heavy atom. The number of fused-ring (bicyclic) bond motifs is 2. The summed E-state index contributed by atoms with van der Waals surface area (Å²) in [7, 11) is 3.06. The first-order chi connectivity index (χ1) is 14.2. The highest BCUT2D eigenvalue weighted by molar-refractivity contribution is 5.29. The molecule has 2 aliphatic carbocycles. The van der Waals surface area contributed by atoms with Gasteiger partial charge < -0.3 is 0 Å². The Kier molecular flexibility index (Phi) is 2.87. The van der Waals surface area contributed by atoms with Crippen molar-refractivity contribution in [2.75, 3.05) is 0 Å². The Balaban J connectivity index is 1.87. The van der Waals surface area contributed by atoms with Gasteiger partial charge in [-0.3, -0.25) is 0 Å². The topological polar surface area (TPSA) is 97.9 Å². The summed E-state index contributed by atoms with van der Waals surface area (Å²) in [5.41, 5.74) is -4.46. The van der Waals surface area contributed by atoms with Crippen molar-refractivity contribution in [2.24, 2.45) is 25.4 Å². The van der Waals surface area contributed by atoms with Crippen molar-refractivity contribution in [3.05, 3.63) is 41.9 Å². The van der Waals surface area contributed by atoms with Gasteiger partial charge >= 0.3 is 22.8 Å². The van der Waals surface area contributed by atoms with Crippen LogP contribution in [0.15, 0.2) is 19.2 Å². The number of hydrogen-bond acceptors (Lipinski definition) is 4. The third-order valence-corrected chi connectivity index (χ3v) is 10.5. The first-order valence-electron chi connectivity index (χ1n) is 11.1. The molecule has 6 atom stereocenters. The van der Waals surface area contributed by atoms with Crippen molar-refractivity contribution in [1.29, 1.82) is 0 Å². The third kappa shape index (κ3) is 1.44. The molecule has 2 aromatic heterocycles. The molecule has 0 saturated heterocycles. The van der Waals surface area contributed by atoms with Crippen molar-refractivity contribution < 1.29 is 0 Å². The zero-order chi connectivity index (χ0) is 22.7. The van der Waals surface area contributed by atoms with E-state index in [0.29, 0.717) is 0 Å². The molecule has 0 amide bonds. The highest BCUT2D eigenvalue weighted by Gasteiger charge is 2.81. The number of nitrogens with zero attached hydrogens (tertiary/aromatic N) is 6. The van der Waals surface area contributed by atoms with Crippen molar-refractivity contribution in [3.8, 4) is 0 Å². The lowest BCUT2D eigenvalue weighted by Gasteiger charge is -2.77. The minimum Gasteiger partial charge on any atom is -0.246 e. The smallest absolute Gasteiger partial charge is 0.246 e. The van der Waals surface area contributed by atoms with Gasteiger partial charge in [0.05, 0.1) is 22.2 Å². The second-order valence-electron chi connectivity index (χ2n) is 11.4.